The van der Waals surface area contributed by atoms with Gasteiger partial charge in [0.15, 0.2) is 0 Å². The summed E-state index contributed by atoms with van der Waals surface area (Å²) in [5.74, 6) is 1.11. The molecule has 0 N–H and O–H groups in total. The number of hydrogen-bond donors (Lipinski definition) is 0. The van der Waals surface area contributed by atoms with E-state index in [0.29, 0.717) is 6.73 Å². The highest BCUT2D eigenvalue weighted by Crippen LogP contribution is 2.57. The Labute approximate surface area is 195 Å². The van der Waals surface area contributed by atoms with Gasteiger partial charge in [-0.05, 0) is 86.3 Å². The van der Waals surface area contributed by atoms with Crippen LogP contribution in [0.4, 0.5) is 0 Å². The molecule has 0 fully saturated rings. The maximum atomic E-state index is 6.49. The third kappa shape index (κ3) is 4.41. The summed E-state index contributed by atoms with van der Waals surface area (Å²) in [6.07, 6.45) is 7.70. The molecule has 0 saturated heterocycles. The molecule has 32 heavy (non-hydrogen) atoms. The van der Waals surface area contributed by atoms with Gasteiger partial charge in [-0.15, -0.1) is 0 Å². The average Bonchev–Trinajstić information content (AvgIpc) is 3.25. The molecule has 2 aliphatic rings. The molecule has 1 unspecified atom stereocenters. The molecule has 1 atom stereocenters. The number of ether oxygens (including phenoxy) is 1. The van der Waals surface area contributed by atoms with Gasteiger partial charge in [0.2, 0.25) is 8.32 Å². The summed E-state index contributed by atoms with van der Waals surface area (Å²) < 4.78 is 14.5. The molecule has 0 saturated carbocycles. The lowest BCUT2D eigenvalue weighted by atomic mass is 9.71. The number of rotatable bonds is 8. The molecule has 6 heteroatoms. The van der Waals surface area contributed by atoms with E-state index in [-0.39, 0.29) is 5.41 Å². The highest BCUT2D eigenvalue weighted by atomic mass is 28.4. The van der Waals surface area contributed by atoms with Crippen molar-refractivity contribution >= 4 is 32.9 Å². The minimum atomic E-state index is -1.65. The van der Waals surface area contributed by atoms with Crippen LogP contribution in [0.15, 0.2) is 35.7 Å². The smallest absolute Gasteiger partial charge is 0.242 e. The van der Waals surface area contributed by atoms with Gasteiger partial charge in [0.1, 0.15) is 12.5 Å². The Balaban J connectivity index is 1.67. The van der Waals surface area contributed by atoms with E-state index in [2.05, 4.69) is 77.5 Å². The number of fused-ring (bicyclic) bond motifs is 5. The molecule has 2 aliphatic carbocycles. The summed E-state index contributed by atoms with van der Waals surface area (Å²) in [4.78, 5) is 0. The van der Waals surface area contributed by atoms with E-state index in [9.17, 15) is 0 Å². The fourth-order valence-corrected chi connectivity index (χ4v) is 6.87. The largest absolute Gasteiger partial charge is 0.544 e. The van der Waals surface area contributed by atoms with Crippen molar-refractivity contribution in [3.8, 4) is 0 Å². The molecule has 0 amide bonds. The van der Waals surface area contributed by atoms with Crippen molar-refractivity contribution in [3.63, 3.8) is 0 Å². The Hall–Kier alpha value is -1.64. The van der Waals surface area contributed by atoms with E-state index < -0.39 is 16.4 Å². The molecule has 1 heterocycles. The summed E-state index contributed by atoms with van der Waals surface area (Å²) in [7, 11) is -2.73. The van der Waals surface area contributed by atoms with Gasteiger partial charge in [0, 0.05) is 25.5 Å². The predicted octanol–water partition coefficient (Wildman–Crippen LogP) is 7.21. The van der Waals surface area contributed by atoms with Crippen molar-refractivity contribution in [1.29, 1.82) is 0 Å². The minimum Gasteiger partial charge on any atom is -0.544 e. The van der Waals surface area contributed by atoms with Crippen LogP contribution in [0, 0.1) is 5.41 Å². The quantitative estimate of drug-likeness (QED) is 0.303. The van der Waals surface area contributed by atoms with Crippen molar-refractivity contribution in [1.82, 2.24) is 9.78 Å². The zero-order valence-corrected chi connectivity index (χ0v) is 23.3. The first kappa shape index (κ1) is 23.5. The zero-order valence-electron chi connectivity index (χ0n) is 21.3. The van der Waals surface area contributed by atoms with Gasteiger partial charge in [-0.1, -0.05) is 32.6 Å². The first-order valence-electron chi connectivity index (χ1n) is 12.1. The van der Waals surface area contributed by atoms with E-state index in [0.717, 1.165) is 31.6 Å². The van der Waals surface area contributed by atoms with Gasteiger partial charge >= 0.3 is 0 Å². The van der Waals surface area contributed by atoms with Gasteiger partial charge in [-0.25, -0.2) is 4.68 Å². The second-order valence-electron chi connectivity index (χ2n) is 11.8. The highest BCUT2D eigenvalue weighted by molar-refractivity contribution is 6.76. The zero-order chi connectivity index (χ0) is 23.3. The number of benzene rings is 1. The van der Waals surface area contributed by atoms with Crippen LogP contribution in [0.1, 0.15) is 37.8 Å². The lowest BCUT2D eigenvalue weighted by Gasteiger charge is -2.36. The molecule has 174 valence electrons. The van der Waals surface area contributed by atoms with Crippen molar-refractivity contribution in [2.24, 2.45) is 5.41 Å². The van der Waals surface area contributed by atoms with E-state index in [1.54, 1.807) is 0 Å². The third-order valence-corrected chi connectivity index (χ3v) is 9.52. The molecule has 1 aromatic heterocycles. The van der Waals surface area contributed by atoms with Crippen LogP contribution in [0.25, 0.3) is 16.5 Å². The molecule has 4 rings (SSSR count). The molecule has 2 aromatic rings. The maximum absolute atomic E-state index is 6.49. The Morgan fingerprint density at radius 2 is 1.88 bits per heavy atom. The number of nitrogens with zero attached hydrogens (tertiary/aromatic N) is 2. The van der Waals surface area contributed by atoms with Gasteiger partial charge in [-0.2, -0.15) is 5.10 Å². The third-order valence-electron chi connectivity index (χ3n) is 6.98. The fraction of sp³-hybridized carbons (Fsp3) is 0.577. The van der Waals surface area contributed by atoms with Gasteiger partial charge in [0.05, 0.1) is 11.7 Å². The number of aromatic nitrogens is 2. The normalized spacial score (nSPS) is 21.1. The number of allylic oxidation sites excluding steroid dienone is 3. The molecule has 0 bridgehead atoms. The summed E-state index contributed by atoms with van der Waals surface area (Å²) in [6.45, 7) is 19.9. The number of hydrogen-bond acceptors (Lipinski definition) is 3. The average molecular weight is 469 g/mol. The fourth-order valence-electron chi connectivity index (χ4n) is 5.21. The first-order valence-corrected chi connectivity index (χ1v) is 19.2. The molecule has 0 spiro atoms. The van der Waals surface area contributed by atoms with Crippen LogP contribution >= 0.6 is 0 Å². The second kappa shape index (κ2) is 8.30. The lowest BCUT2D eigenvalue weighted by molar-refractivity contribution is 0.0817. The van der Waals surface area contributed by atoms with Crippen LogP contribution in [0.5, 0.6) is 0 Å². The standard InChI is InChI=1S/C26H40N2O2Si2/c1-9-26-13-12-24(30-32(6,7)8)19(2)25(26)20-10-11-23-22(21(20)16-26)17-27-28(23)18-29-14-15-31(3,4)5/h10-12,17H,9,13-16,18H2,1-8H3. The topological polar surface area (TPSA) is 36.3 Å². The first-order chi connectivity index (χ1) is 14.9. The maximum Gasteiger partial charge on any atom is 0.242 e. The van der Waals surface area contributed by atoms with Gasteiger partial charge in [-0.3, -0.25) is 0 Å². The Kier molecular flexibility index (Phi) is 6.10. The summed E-state index contributed by atoms with van der Waals surface area (Å²) in [6, 6.07) is 5.75. The molecule has 0 radical (unpaired) electrons. The predicted molar refractivity (Wildman–Crippen MR) is 140 cm³/mol. The van der Waals surface area contributed by atoms with Crippen LogP contribution in [0.2, 0.25) is 45.3 Å². The van der Waals surface area contributed by atoms with E-state index >= 15 is 0 Å². The Morgan fingerprint density at radius 1 is 1.12 bits per heavy atom. The lowest BCUT2D eigenvalue weighted by Crippen LogP contribution is -2.29. The van der Waals surface area contributed by atoms with Crippen molar-refractivity contribution in [3.05, 3.63) is 46.9 Å². The van der Waals surface area contributed by atoms with Crippen LogP contribution in [0.3, 0.4) is 0 Å². The molecule has 0 aliphatic heterocycles. The van der Waals surface area contributed by atoms with Crippen molar-refractivity contribution in [2.45, 2.75) is 85.2 Å². The molecular formula is C26H40N2O2Si2. The Morgan fingerprint density at radius 3 is 2.53 bits per heavy atom. The molecule has 4 nitrogen and oxygen atoms in total. The summed E-state index contributed by atoms with van der Waals surface area (Å²) >= 11 is 0. The van der Waals surface area contributed by atoms with Crippen molar-refractivity contribution < 1.29 is 9.16 Å². The summed E-state index contributed by atoms with van der Waals surface area (Å²) in [5.41, 5.74) is 7.07. The van der Waals surface area contributed by atoms with E-state index in [1.807, 2.05) is 4.68 Å². The van der Waals surface area contributed by atoms with E-state index in [4.69, 9.17) is 14.3 Å². The van der Waals surface area contributed by atoms with E-state index in [1.165, 1.54) is 39.2 Å². The highest BCUT2D eigenvalue weighted by Gasteiger charge is 2.44. The van der Waals surface area contributed by atoms with Gasteiger partial charge < -0.3 is 9.16 Å². The Bertz CT molecular complexity index is 1090. The SMILES string of the molecule is CCC12CC=C(O[Si](C)(C)C)C(C)=C1c1ccc3c(cnn3COCC[Si](C)(C)C)c1C2. The van der Waals surface area contributed by atoms with Crippen LogP contribution < -0.4 is 0 Å². The molecular weight excluding hydrogens is 428 g/mol. The molecule has 1 aromatic carbocycles. The minimum absolute atomic E-state index is 0.183. The van der Waals surface area contributed by atoms with Crippen LogP contribution in [-0.2, 0) is 22.3 Å². The second-order valence-corrected chi connectivity index (χ2v) is 21.9. The van der Waals surface area contributed by atoms with Gasteiger partial charge in [0.25, 0.3) is 0 Å². The van der Waals surface area contributed by atoms with Crippen molar-refractivity contribution in [2.75, 3.05) is 6.61 Å². The summed E-state index contributed by atoms with van der Waals surface area (Å²) in [5, 5.41) is 5.99. The van der Waals surface area contributed by atoms with Crippen LogP contribution in [-0.4, -0.2) is 32.8 Å². The monoisotopic (exact) mass is 468 g/mol.